The predicted octanol–water partition coefficient (Wildman–Crippen LogP) is 1.31. The molecule has 0 spiro atoms. The number of carbonyl (C=O) groups is 1. The summed E-state index contributed by atoms with van der Waals surface area (Å²) in [6, 6.07) is 5.55. The van der Waals surface area contributed by atoms with Crippen LogP contribution in [0.15, 0.2) is 24.3 Å². The molecule has 1 amide bonds. The SMILES string of the molecule is CCONCC(=O)Nc1ccc(F)cc1. The van der Waals surface area contributed by atoms with Crippen LogP contribution in [-0.2, 0) is 9.63 Å². The highest BCUT2D eigenvalue weighted by Gasteiger charge is 2.01. The average Bonchev–Trinajstić information content (AvgIpc) is 2.22. The first-order valence-electron chi connectivity index (χ1n) is 4.62. The second-order valence-electron chi connectivity index (χ2n) is 2.81. The molecule has 82 valence electrons. The number of rotatable bonds is 5. The lowest BCUT2D eigenvalue weighted by Gasteiger charge is -2.05. The molecule has 0 saturated heterocycles. The average molecular weight is 212 g/mol. The molecule has 1 aromatic carbocycles. The van der Waals surface area contributed by atoms with Gasteiger partial charge >= 0.3 is 0 Å². The van der Waals surface area contributed by atoms with E-state index < -0.39 is 0 Å². The first-order valence-corrected chi connectivity index (χ1v) is 4.62. The maximum Gasteiger partial charge on any atom is 0.240 e. The van der Waals surface area contributed by atoms with Gasteiger partial charge in [-0.15, -0.1) is 0 Å². The van der Waals surface area contributed by atoms with Crippen molar-refractivity contribution in [2.45, 2.75) is 6.92 Å². The molecule has 0 radical (unpaired) electrons. The van der Waals surface area contributed by atoms with Crippen LogP contribution in [0.5, 0.6) is 0 Å². The van der Waals surface area contributed by atoms with Crippen molar-refractivity contribution in [3.05, 3.63) is 30.1 Å². The first-order chi connectivity index (χ1) is 7.22. The maximum absolute atomic E-state index is 12.5. The number of hydrogen-bond acceptors (Lipinski definition) is 3. The Morgan fingerprint density at radius 1 is 1.40 bits per heavy atom. The zero-order chi connectivity index (χ0) is 11.1. The summed E-state index contributed by atoms with van der Waals surface area (Å²) in [5, 5.41) is 2.58. The summed E-state index contributed by atoms with van der Waals surface area (Å²) >= 11 is 0. The van der Waals surface area contributed by atoms with Crippen molar-refractivity contribution in [3.63, 3.8) is 0 Å². The highest BCUT2D eigenvalue weighted by atomic mass is 19.1. The summed E-state index contributed by atoms with van der Waals surface area (Å²) in [6.07, 6.45) is 0. The van der Waals surface area contributed by atoms with Gasteiger partial charge in [0.25, 0.3) is 0 Å². The minimum absolute atomic E-state index is 0.0607. The second kappa shape index (κ2) is 6.10. The van der Waals surface area contributed by atoms with E-state index in [0.717, 1.165) is 0 Å². The molecule has 0 unspecified atom stereocenters. The summed E-state index contributed by atoms with van der Waals surface area (Å²) in [4.78, 5) is 16.0. The van der Waals surface area contributed by atoms with Gasteiger partial charge in [-0.05, 0) is 31.2 Å². The van der Waals surface area contributed by atoms with Crippen LogP contribution in [0, 0.1) is 5.82 Å². The molecule has 0 bridgehead atoms. The summed E-state index contributed by atoms with van der Waals surface area (Å²) in [5.41, 5.74) is 3.04. The topological polar surface area (TPSA) is 50.4 Å². The van der Waals surface area contributed by atoms with Crippen LogP contribution in [0.2, 0.25) is 0 Å². The van der Waals surface area contributed by atoms with Crippen molar-refractivity contribution in [1.29, 1.82) is 0 Å². The predicted molar refractivity (Wildman–Crippen MR) is 54.7 cm³/mol. The number of hydrogen-bond donors (Lipinski definition) is 2. The molecule has 0 saturated carbocycles. The highest BCUT2D eigenvalue weighted by molar-refractivity contribution is 5.92. The molecule has 0 aliphatic rings. The van der Waals surface area contributed by atoms with Gasteiger partial charge in [-0.3, -0.25) is 4.79 Å². The van der Waals surface area contributed by atoms with E-state index in [1.165, 1.54) is 24.3 Å². The van der Waals surface area contributed by atoms with Crippen molar-refractivity contribution in [1.82, 2.24) is 5.48 Å². The molecular weight excluding hydrogens is 199 g/mol. The molecule has 0 aliphatic carbocycles. The van der Waals surface area contributed by atoms with Gasteiger partial charge < -0.3 is 10.2 Å². The third-order valence-electron chi connectivity index (χ3n) is 1.61. The molecule has 0 atom stereocenters. The van der Waals surface area contributed by atoms with E-state index in [4.69, 9.17) is 4.84 Å². The largest absolute Gasteiger partial charge is 0.325 e. The van der Waals surface area contributed by atoms with Crippen LogP contribution in [0.4, 0.5) is 10.1 Å². The number of anilines is 1. The first kappa shape index (κ1) is 11.6. The fourth-order valence-corrected chi connectivity index (χ4v) is 0.957. The van der Waals surface area contributed by atoms with Crippen molar-refractivity contribution < 1.29 is 14.0 Å². The van der Waals surface area contributed by atoms with Crippen LogP contribution >= 0.6 is 0 Å². The highest BCUT2D eigenvalue weighted by Crippen LogP contribution is 2.07. The van der Waals surface area contributed by atoms with Gasteiger partial charge in [0.05, 0.1) is 6.61 Å². The molecule has 4 nitrogen and oxygen atoms in total. The molecular formula is C10H13FN2O2. The van der Waals surface area contributed by atoms with Crippen molar-refractivity contribution in [2.75, 3.05) is 18.5 Å². The van der Waals surface area contributed by atoms with Crippen molar-refractivity contribution in [3.8, 4) is 0 Å². The Bertz CT molecular complexity index is 314. The Morgan fingerprint density at radius 3 is 2.67 bits per heavy atom. The standard InChI is InChI=1S/C10H13FN2O2/c1-2-15-12-7-10(14)13-9-5-3-8(11)4-6-9/h3-6,12H,2,7H2,1H3,(H,13,14). The zero-order valence-electron chi connectivity index (χ0n) is 8.42. The Kier molecular flexibility index (Phi) is 4.73. The van der Waals surface area contributed by atoms with E-state index in [9.17, 15) is 9.18 Å². The molecule has 15 heavy (non-hydrogen) atoms. The summed E-state index contributed by atoms with van der Waals surface area (Å²) < 4.78 is 12.5. The quantitative estimate of drug-likeness (QED) is 0.571. The van der Waals surface area contributed by atoms with E-state index in [0.29, 0.717) is 12.3 Å². The molecule has 0 aromatic heterocycles. The molecule has 0 aliphatic heterocycles. The zero-order valence-corrected chi connectivity index (χ0v) is 8.42. The number of halogens is 1. The number of amides is 1. The van der Waals surface area contributed by atoms with E-state index in [2.05, 4.69) is 10.8 Å². The summed E-state index contributed by atoms with van der Waals surface area (Å²) in [7, 11) is 0. The lowest BCUT2D eigenvalue weighted by molar-refractivity contribution is -0.117. The fraction of sp³-hybridized carbons (Fsp3) is 0.300. The van der Waals surface area contributed by atoms with Crippen molar-refractivity contribution in [2.24, 2.45) is 0 Å². The molecule has 1 rings (SSSR count). The monoisotopic (exact) mass is 212 g/mol. The number of benzene rings is 1. The molecule has 1 aromatic rings. The Morgan fingerprint density at radius 2 is 2.07 bits per heavy atom. The maximum atomic E-state index is 12.5. The van der Waals surface area contributed by atoms with Gasteiger partial charge in [0.1, 0.15) is 12.4 Å². The van der Waals surface area contributed by atoms with Gasteiger partial charge in [-0.25, -0.2) is 4.39 Å². The van der Waals surface area contributed by atoms with Crippen LogP contribution < -0.4 is 10.8 Å². The molecule has 2 N–H and O–H groups in total. The minimum atomic E-state index is -0.333. The second-order valence-corrected chi connectivity index (χ2v) is 2.81. The van der Waals surface area contributed by atoms with Crippen molar-refractivity contribution >= 4 is 11.6 Å². The van der Waals surface area contributed by atoms with Gasteiger partial charge in [0.15, 0.2) is 0 Å². The van der Waals surface area contributed by atoms with Crippen LogP contribution in [0.25, 0.3) is 0 Å². The van der Waals surface area contributed by atoms with Crippen LogP contribution in [-0.4, -0.2) is 19.1 Å². The molecule has 0 heterocycles. The molecule has 5 heteroatoms. The third kappa shape index (κ3) is 4.53. The van der Waals surface area contributed by atoms with Crippen LogP contribution in [0.1, 0.15) is 6.92 Å². The molecule has 0 fully saturated rings. The smallest absolute Gasteiger partial charge is 0.240 e. The third-order valence-corrected chi connectivity index (χ3v) is 1.61. The summed E-state index contributed by atoms with van der Waals surface area (Å²) in [6.45, 7) is 2.36. The summed E-state index contributed by atoms with van der Waals surface area (Å²) in [5.74, 6) is -0.574. The lowest BCUT2D eigenvalue weighted by Crippen LogP contribution is -2.28. The van der Waals surface area contributed by atoms with Gasteiger partial charge in [0.2, 0.25) is 5.91 Å². The Labute approximate surface area is 87.4 Å². The van der Waals surface area contributed by atoms with Gasteiger partial charge in [-0.2, -0.15) is 5.48 Å². The number of carbonyl (C=O) groups excluding carboxylic acids is 1. The Hall–Kier alpha value is -1.46. The number of nitrogens with one attached hydrogen (secondary N) is 2. The van der Waals surface area contributed by atoms with Crippen LogP contribution in [0.3, 0.4) is 0 Å². The lowest BCUT2D eigenvalue weighted by atomic mass is 10.3. The van der Waals surface area contributed by atoms with Gasteiger partial charge in [0, 0.05) is 5.69 Å². The fourth-order valence-electron chi connectivity index (χ4n) is 0.957. The van der Waals surface area contributed by atoms with E-state index in [1.807, 2.05) is 6.92 Å². The number of hydroxylamine groups is 1. The normalized spacial score (nSPS) is 10.0. The Balaban J connectivity index is 2.34. The van der Waals surface area contributed by atoms with Gasteiger partial charge in [-0.1, -0.05) is 0 Å². The van der Waals surface area contributed by atoms with E-state index in [1.54, 1.807) is 0 Å². The van der Waals surface area contributed by atoms with E-state index in [-0.39, 0.29) is 18.3 Å². The van der Waals surface area contributed by atoms with E-state index >= 15 is 0 Å². The minimum Gasteiger partial charge on any atom is -0.325 e.